The molecule has 2 saturated heterocycles. The molecule has 76 valence electrons. The van der Waals surface area contributed by atoms with Gasteiger partial charge in [-0.25, -0.2) is 0 Å². The molecular formula is C11H22N2. The second kappa shape index (κ2) is 4.43. The Labute approximate surface area is 81.7 Å². The molecule has 0 radical (unpaired) electrons. The van der Waals surface area contributed by atoms with Gasteiger partial charge in [0.25, 0.3) is 0 Å². The number of rotatable bonds is 3. The Bertz CT molecular complexity index is 152. The minimum atomic E-state index is 0.827. The van der Waals surface area contributed by atoms with E-state index in [0.717, 1.165) is 12.1 Å². The predicted molar refractivity (Wildman–Crippen MR) is 55.9 cm³/mol. The molecule has 0 amide bonds. The molecule has 2 aliphatic heterocycles. The molecule has 0 aromatic rings. The van der Waals surface area contributed by atoms with Crippen LogP contribution in [0.15, 0.2) is 0 Å². The van der Waals surface area contributed by atoms with Gasteiger partial charge in [0, 0.05) is 12.1 Å². The molecule has 0 aliphatic carbocycles. The van der Waals surface area contributed by atoms with E-state index in [0.29, 0.717) is 0 Å². The number of nitrogens with one attached hydrogen (secondary N) is 1. The number of likely N-dealkylation sites (tertiary alicyclic amines) is 1. The number of nitrogens with zero attached hydrogens (tertiary/aromatic N) is 1. The first-order valence-corrected chi connectivity index (χ1v) is 5.83. The molecule has 0 bridgehead atoms. The molecule has 2 heterocycles. The van der Waals surface area contributed by atoms with Gasteiger partial charge in [-0.1, -0.05) is 0 Å². The number of hydrogen-bond acceptors (Lipinski definition) is 2. The van der Waals surface area contributed by atoms with Crippen LogP contribution in [0, 0.1) is 0 Å². The lowest BCUT2D eigenvalue weighted by Crippen LogP contribution is -2.32. The van der Waals surface area contributed by atoms with E-state index in [1.807, 2.05) is 0 Å². The summed E-state index contributed by atoms with van der Waals surface area (Å²) in [5.74, 6) is 0. The maximum Gasteiger partial charge on any atom is 0.00797 e. The van der Waals surface area contributed by atoms with Gasteiger partial charge in [-0.05, 0) is 58.7 Å². The molecule has 0 spiro atoms. The molecule has 2 aliphatic rings. The predicted octanol–water partition coefficient (Wildman–Crippen LogP) is 1.61. The van der Waals surface area contributed by atoms with Crippen LogP contribution in [0.4, 0.5) is 0 Å². The normalized spacial score (nSPS) is 35.8. The third kappa shape index (κ3) is 2.44. The molecule has 2 fully saturated rings. The molecule has 13 heavy (non-hydrogen) atoms. The quantitative estimate of drug-likeness (QED) is 0.713. The van der Waals surface area contributed by atoms with E-state index < -0.39 is 0 Å². The SMILES string of the molecule is CC1CCCN1CCC1CCCN1. The van der Waals surface area contributed by atoms with Crippen LogP contribution in [0.3, 0.4) is 0 Å². The Morgan fingerprint density at radius 2 is 2.23 bits per heavy atom. The van der Waals surface area contributed by atoms with Crippen LogP contribution in [0.5, 0.6) is 0 Å². The summed E-state index contributed by atoms with van der Waals surface area (Å²) in [6, 6.07) is 1.68. The van der Waals surface area contributed by atoms with E-state index in [9.17, 15) is 0 Å². The van der Waals surface area contributed by atoms with Crippen molar-refractivity contribution in [1.82, 2.24) is 10.2 Å². The van der Waals surface area contributed by atoms with E-state index >= 15 is 0 Å². The summed E-state index contributed by atoms with van der Waals surface area (Å²) in [5.41, 5.74) is 0. The average molecular weight is 182 g/mol. The Morgan fingerprint density at radius 1 is 1.31 bits per heavy atom. The summed E-state index contributed by atoms with van der Waals surface area (Å²) in [6.07, 6.45) is 6.99. The molecule has 2 heteroatoms. The summed E-state index contributed by atoms with van der Waals surface area (Å²) in [7, 11) is 0. The number of hydrogen-bond donors (Lipinski definition) is 1. The first-order valence-electron chi connectivity index (χ1n) is 5.83. The Kier molecular flexibility index (Phi) is 3.23. The van der Waals surface area contributed by atoms with Gasteiger partial charge >= 0.3 is 0 Å². The van der Waals surface area contributed by atoms with Crippen molar-refractivity contribution in [3.63, 3.8) is 0 Å². The van der Waals surface area contributed by atoms with Crippen LogP contribution >= 0.6 is 0 Å². The van der Waals surface area contributed by atoms with E-state index in [2.05, 4.69) is 17.1 Å². The van der Waals surface area contributed by atoms with Crippen molar-refractivity contribution >= 4 is 0 Å². The molecule has 2 atom stereocenters. The molecule has 0 saturated carbocycles. The van der Waals surface area contributed by atoms with Gasteiger partial charge < -0.3 is 10.2 Å². The first-order chi connectivity index (χ1) is 6.36. The van der Waals surface area contributed by atoms with Crippen LogP contribution in [-0.2, 0) is 0 Å². The summed E-state index contributed by atoms with van der Waals surface area (Å²) in [6.45, 7) is 6.28. The van der Waals surface area contributed by atoms with Gasteiger partial charge in [0.05, 0.1) is 0 Å². The lowest BCUT2D eigenvalue weighted by Gasteiger charge is -2.22. The maximum absolute atomic E-state index is 3.57. The molecule has 2 rings (SSSR count). The van der Waals surface area contributed by atoms with Crippen molar-refractivity contribution in [1.29, 1.82) is 0 Å². The summed E-state index contributed by atoms with van der Waals surface area (Å²) in [5, 5.41) is 3.57. The van der Waals surface area contributed by atoms with Gasteiger partial charge in [-0.2, -0.15) is 0 Å². The third-order valence-electron chi connectivity index (χ3n) is 3.62. The van der Waals surface area contributed by atoms with E-state index in [4.69, 9.17) is 0 Å². The summed E-state index contributed by atoms with van der Waals surface area (Å²) < 4.78 is 0. The van der Waals surface area contributed by atoms with E-state index in [1.165, 1.54) is 51.7 Å². The van der Waals surface area contributed by atoms with Crippen molar-refractivity contribution in [3.05, 3.63) is 0 Å². The van der Waals surface area contributed by atoms with E-state index in [-0.39, 0.29) is 0 Å². The molecular weight excluding hydrogens is 160 g/mol. The smallest absolute Gasteiger partial charge is 0.00797 e. The van der Waals surface area contributed by atoms with Crippen LogP contribution in [0.2, 0.25) is 0 Å². The van der Waals surface area contributed by atoms with Crippen molar-refractivity contribution in [3.8, 4) is 0 Å². The molecule has 0 aromatic heterocycles. The first kappa shape index (κ1) is 9.47. The van der Waals surface area contributed by atoms with Gasteiger partial charge in [0.15, 0.2) is 0 Å². The van der Waals surface area contributed by atoms with Crippen molar-refractivity contribution in [2.24, 2.45) is 0 Å². The maximum atomic E-state index is 3.57. The summed E-state index contributed by atoms with van der Waals surface area (Å²) >= 11 is 0. The minimum Gasteiger partial charge on any atom is -0.314 e. The highest BCUT2D eigenvalue weighted by atomic mass is 15.2. The largest absolute Gasteiger partial charge is 0.314 e. The zero-order valence-corrected chi connectivity index (χ0v) is 8.76. The fraction of sp³-hybridized carbons (Fsp3) is 1.00. The topological polar surface area (TPSA) is 15.3 Å². The molecule has 0 aromatic carbocycles. The lowest BCUT2D eigenvalue weighted by molar-refractivity contribution is 0.255. The van der Waals surface area contributed by atoms with Crippen LogP contribution in [0.1, 0.15) is 39.0 Å². The Hall–Kier alpha value is -0.0800. The average Bonchev–Trinajstić information content (AvgIpc) is 2.72. The zero-order valence-electron chi connectivity index (χ0n) is 8.76. The summed E-state index contributed by atoms with van der Waals surface area (Å²) in [4.78, 5) is 2.65. The van der Waals surface area contributed by atoms with Crippen LogP contribution in [0.25, 0.3) is 0 Å². The second-order valence-corrected chi connectivity index (χ2v) is 4.61. The zero-order chi connectivity index (χ0) is 9.10. The highest BCUT2D eigenvalue weighted by molar-refractivity contribution is 4.79. The standard InChI is InChI=1S/C11H22N2/c1-10-4-3-8-13(10)9-6-11-5-2-7-12-11/h10-12H,2-9H2,1H3. The van der Waals surface area contributed by atoms with Crippen molar-refractivity contribution in [2.75, 3.05) is 19.6 Å². The van der Waals surface area contributed by atoms with Crippen LogP contribution < -0.4 is 5.32 Å². The highest BCUT2D eigenvalue weighted by Crippen LogP contribution is 2.18. The van der Waals surface area contributed by atoms with Crippen molar-refractivity contribution in [2.45, 2.75) is 51.1 Å². The Balaban J connectivity index is 1.66. The lowest BCUT2D eigenvalue weighted by atomic mass is 10.1. The second-order valence-electron chi connectivity index (χ2n) is 4.61. The minimum absolute atomic E-state index is 0.827. The van der Waals surface area contributed by atoms with Crippen LogP contribution in [-0.4, -0.2) is 36.6 Å². The van der Waals surface area contributed by atoms with E-state index in [1.54, 1.807) is 0 Å². The molecule has 2 nitrogen and oxygen atoms in total. The molecule has 2 unspecified atom stereocenters. The Morgan fingerprint density at radius 3 is 2.85 bits per heavy atom. The molecule has 1 N–H and O–H groups in total. The fourth-order valence-electron chi connectivity index (χ4n) is 2.65. The fourth-order valence-corrected chi connectivity index (χ4v) is 2.65. The van der Waals surface area contributed by atoms with Gasteiger partial charge in [0.2, 0.25) is 0 Å². The van der Waals surface area contributed by atoms with Crippen molar-refractivity contribution < 1.29 is 0 Å². The monoisotopic (exact) mass is 182 g/mol. The van der Waals surface area contributed by atoms with Gasteiger partial charge in [-0.3, -0.25) is 0 Å². The third-order valence-corrected chi connectivity index (χ3v) is 3.62. The highest BCUT2D eigenvalue weighted by Gasteiger charge is 2.21. The van der Waals surface area contributed by atoms with Gasteiger partial charge in [-0.15, -0.1) is 0 Å². The van der Waals surface area contributed by atoms with Gasteiger partial charge in [0.1, 0.15) is 0 Å².